The summed E-state index contributed by atoms with van der Waals surface area (Å²) in [5.41, 5.74) is 2.76. The van der Waals surface area contributed by atoms with Gasteiger partial charge >= 0.3 is 0 Å². The number of allylic oxidation sites excluding steroid dienone is 1. The van der Waals surface area contributed by atoms with E-state index in [2.05, 4.69) is 6.58 Å². The van der Waals surface area contributed by atoms with E-state index in [0.29, 0.717) is 21.2 Å². The minimum absolute atomic E-state index is 0.189. The lowest BCUT2D eigenvalue weighted by Crippen LogP contribution is -2.02. The second-order valence-corrected chi connectivity index (χ2v) is 5.14. The van der Waals surface area contributed by atoms with Gasteiger partial charge in [-0.2, -0.15) is 0 Å². The van der Waals surface area contributed by atoms with Gasteiger partial charge in [0.25, 0.3) is 0 Å². The zero-order valence-corrected chi connectivity index (χ0v) is 11.9. The first-order valence-electron chi connectivity index (χ1n) is 5.75. The zero-order chi connectivity index (χ0) is 14.0. The molecule has 0 aliphatic carbocycles. The van der Waals surface area contributed by atoms with Gasteiger partial charge in [0.15, 0.2) is 5.78 Å². The first kappa shape index (κ1) is 13.9. The van der Waals surface area contributed by atoms with Crippen molar-refractivity contribution in [3.8, 4) is 0 Å². The SMILES string of the molecule is C=C(C(=O)c1ccc(Cl)cc1Cl)c1ccc(C)cc1. The monoisotopic (exact) mass is 290 g/mol. The van der Waals surface area contributed by atoms with E-state index in [9.17, 15) is 4.79 Å². The van der Waals surface area contributed by atoms with Gasteiger partial charge in [0.2, 0.25) is 0 Å². The molecule has 0 unspecified atom stereocenters. The van der Waals surface area contributed by atoms with Gasteiger partial charge in [-0.3, -0.25) is 4.79 Å². The van der Waals surface area contributed by atoms with E-state index in [1.165, 1.54) is 0 Å². The third kappa shape index (κ3) is 3.06. The largest absolute Gasteiger partial charge is 0.289 e. The van der Waals surface area contributed by atoms with Gasteiger partial charge in [-0.1, -0.05) is 59.6 Å². The number of carbonyl (C=O) groups is 1. The lowest BCUT2D eigenvalue weighted by molar-refractivity contribution is 0.105. The van der Waals surface area contributed by atoms with Crippen LogP contribution in [0.3, 0.4) is 0 Å². The molecule has 0 saturated heterocycles. The first-order valence-corrected chi connectivity index (χ1v) is 6.50. The molecule has 0 fully saturated rings. The fourth-order valence-corrected chi connectivity index (χ4v) is 2.22. The number of halogens is 2. The molecule has 2 rings (SSSR count). The lowest BCUT2D eigenvalue weighted by atomic mass is 9.97. The van der Waals surface area contributed by atoms with Crippen molar-refractivity contribution in [3.63, 3.8) is 0 Å². The number of aryl methyl sites for hydroxylation is 1. The van der Waals surface area contributed by atoms with Crippen molar-refractivity contribution in [3.05, 3.63) is 75.8 Å². The van der Waals surface area contributed by atoms with Gasteiger partial charge in [0, 0.05) is 16.2 Å². The molecule has 0 aliphatic heterocycles. The van der Waals surface area contributed by atoms with E-state index < -0.39 is 0 Å². The van der Waals surface area contributed by atoms with Crippen LogP contribution in [0.1, 0.15) is 21.5 Å². The summed E-state index contributed by atoms with van der Waals surface area (Å²) < 4.78 is 0. The standard InChI is InChI=1S/C16H12Cl2O/c1-10-3-5-12(6-4-10)11(2)16(19)14-8-7-13(17)9-15(14)18/h3-9H,2H2,1H3. The molecule has 3 heteroatoms. The third-order valence-corrected chi connectivity index (χ3v) is 3.40. The normalized spacial score (nSPS) is 10.3. The zero-order valence-electron chi connectivity index (χ0n) is 10.4. The summed E-state index contributed by atoms with van der Waals surface area (Å²) >= 11 is 11.9. The van der Waals surface area contributed by atoms with Crippen molar-refractivity contribution < 1.29 is 4.79 Å². The number of hydrogen-bond acceptors (Lipinski definition) is 1. The van der Waals surface area contributed by atoms with Gasteiger partial charge in [0.05, 0.1) is 5.02 Å². The summed E-state index contributed by atoms with van der Waals surface area (Å²) in [4.78, 5) is 12.3. The number of carbonyl (C=O) groups excluding carboxylic acids is 1. The molecule has 0 aromatic heterocycles. The van der Waals surface area contributed by atoms with E-state index in [0.717, 1.165) is 11.1 Å². The number of Topliss-reactive ketones (excluding diaryl/α,β-unsaturated/α-hetero) is 1. The third-order valence-electron chi connectivity index (χ3n) is 2.85. The fraction of sp³-hybridized carbons (Fsp3) is 0.0625. The molecule has 0 aliphatic rings. The van der Waals surface area contributed by atoms with Crippen LogP contribution in [0.4, 0.5) is 0 Å². The van der Waals surface area contributed by atoms with E-state index in [1.54, 1.807) is 18.2 Å². The maximum absolute atomic E-state index is 12.3. The Hall–Kier alpha value is -1.57. The first-order chi connectivity index (χ1) is 8.99. The van der Waals surface area contributed by atoms with Crippen LogP contribution in [-0.4, -0.2) is 5.78 Å². The van der Waals surface area contributed by atoms with E-state index >= 15 is 0 Å². The maximum Gasteiger partial charge on any atom is 0.194 e. The number of benzene rings is 2. The Kier molecular flexibility index (Phi) is 4.08. The highest BCUT2D eigenvalue weighted by Crippen LogP contribution is 2.26. The van der Waals surface area contributed by atoms with Gasteiger partial charge in [-0.25, -0.2) is 0 Å². The summed E-state index contributed by atoms with van der Waals surface area (Å²) in [5, 5.41) is 0.841. The average molecular weight is 291 g/mol. The van der Waals surface area contributed by atoms with E-state index in [-0.39, 0.29) is 5.78 Å². The number of hydrogen-bond donors (Lipinski definition) is 0. The molecule has 0 N–H and O–H groups in total. The Labute approximate surface area is 122 Å². The van der Waals surface area contributed by atoms with Crippen molar-refractivity contribution in [1.82, 2.24) is 0 Å². The molecule has 0 amide bonds. The molecule has 0 saturated carbocycles. The molecule has 96 valence electrons. The van der Waals surface area contributed by atoms with Crippen molar-refractivity contribution in [1.29, 1.82) is 0 Å². The molecule has 2 aromatic carbocycles. The van der Waals surface area contributed by atoms with Gasteiger partial charge in [-0.15, -0.1) is 0 Å². The van der Waals surface area contributed by atoms with Crippen LogP contribution in [0, 0.1) is 6.92 Å². The molecule has 2 aromatic rings. The second kappa shape index (κ2) is 5.60. The highest BCUT2D eigenvalue weighted by atomic mass is 35.5. The Morgan fingerprint density at radius 2 is 1.68 bits per heavy atom. The topological polar surface area (TPSA) is 17.1 Å². The minimum Gasteiger partial charge on any atom is -0.289 e. The Balaban J connectivity index is 2.33. The predicted octanol–water partition coefficient (Wildman–Crippen LogP) is 5.20. The Morgan fingerprint density at radius 1 is 1.05 bits per heavy atom. The molecule has 0 atom stereocenters. The second-order valence-electron chi connectivity index (χ2n) is 4.30. The summed E-state index contributed by atoms with van der Waals surface area (Å²) in [6, 6.07) is 12.4. The quantitative estimate of drug-likeness (QED) is 0.561. The van der Waals surface area contributed by atoms with Gasteiger partial charge in [-0.05, 0) is 30.7 Å². The number of ketones is 1. The van der Waals surface area contributed by atoms with Crippen LogP contribution in [0.2, 0.25) is 10.0 Å². The smallest absolute Gasteiger partial charge is 0.194 e. The van der Waals surface area contributed by atoms with Crippen LogP contribution >= 0.6 is 23.2 Å². The van der Waals surface area contributed by atoms with E-state index in [1.807, 2.05) is 31.2 Å². The molecule has 0 radical (unpaired) electrons. The molecule has 1 nitrogen and oxygen atoms in total. The fourth-order valence-electron chi connectivity index (χ4n) is 1.72. The van der Waals surface area contributed by atoms with Crippen LogP contribution in [-0.2, 0) is 0 Å². The summed E-state index contributed by atoms with van der Waals surface area (Å²) in [5.74, 6) is -0.189. The molecular weight excluding hydrogens is 279 g/mol. The van der Waals surface area contributed by atoms with Crippen LogP contribution in [0.5, 0.6) is 0 Å². The summed E-state index contributed by atoms with van der Waals surface area (Å²) in [6.07, 6.45) is 0. The van der Waals surface area contributed by atoms with Crippen molar-refractivity contribution in [2.24, 2.45) is 0 Å². The Morgan fingerprint density at radius 3 is 2.26 bits per heavy atom. The van der Waals surface area contributed by atoms with Crippen molar-refractivity contribution >= 4 is 34.6 Å². The van der Waals surface area contributed by atoms with Gasteiger partial charge < -0.3 is 0 Å². The molecular formula is C16H12Cl2O. The molecule has 0 heterocycles. The van der Waals surface area contributed by atoms with Crippen molar-refractivity contribution in [2.45, 2.75) is 6.92 Å². The summed E-state index contributed by atoms with van der Waals surface area (Å²) in [6.45, 7) is 5.84. The highest BCUT2D eigenvalue weighted by molar-refractivity contribution is 6.40. The molecule has 0 bridgehead atoms. The lowest BCUT2D eigenvalue weighted by Gasteiger charge is -2.07. The van der Waals surface area contributed by atoms with Crippen LogP contribution in [0.15, 0.2) is 49.0 Å². The molecule has 0 spiro atoms. The molecule has 19 heavy (non-hydrogen) atoms. The average Bonchev–Trinajstić information content (AvgIpc) is 2.38. The maximum atomic E-state index is 12.3. The van der Waals surface area contributed by atoms with Crippen LogP contribution in [0.25, 0.3) is 5.57 Å². The summed E-state index contributed by atoms with van der Waals surface area (Å²) in [7, 11) is 0. The van der Waals surface area contributed by atoms with E-state index in [4.69, 9.17) is 23.2 Å². The van der Waals surface area contributed by atoms with Crippen molar-refractivity contribution in [2.75, 3.05) is 0 Å². The number of rotatable bonds is 3. The Bertz CT molecular complexity index is 642. The predicted molar refractivity (Wildman–Crippen MR) is 81.0 cm³/mol. The van der Waals surface area contributed by atoms with Gasteiger partial charge in [0.1, 0.15) is 0 Å². The highest BCUT2D eigenvalue weighted by Gasteiger charge is 2.15. The van der Waals surface area contributed by atoms with Crippen LogP contribution < -0.4 is 0 Å². The minimum atomic E-state index is -0.189.